The molecule has 20 heavy (non-hydrogen) atoms. The van der Waals surface area contributed by atoms with Crippen LogP contribution in [0.25, 0.3) is 10.2 Å². The molecule has 0 atom stereocenters. The Hall–Kier alpha value is -1.17. The van der Waals surface area contributed by atoms with Crippen molar-refractivity contribution < 1.29 is 9.47 Å². The van der Waals surface area contributed by atoms with E-state index in [4.69, 9.17) is 14.5 Å². The number of aromatic nitrogens is 1. The second-order valence-corrected chi connectivity index (χ2v) is 6.11. The summed E-state index contributed by atoms with van der Waals surface area (Å²) in [5.74, 6) is 0.904. The summed E-state index contributed by atoms with van der Waals surface area (Å²) in [7, 11) is 1.70. The number of hydrogen-bond donors (Lipinski definition) is 0. The van der Waals surface area contributed by atoms with E-state index in [1.165, 1.54) is 9.71 Å². The molecule has 0 unspecified atom stereocenters. The first-order valence-corrected chi connectivity index (χ1v) is 7.90. The Morgan fingerprint density at radius 3 is 3.00 bits per heavy atom. The average Bonchev–Trinajstić information content (AvgIpc) is 2.90. The topological polar surface area (TPSA) is 34.6 Å². The molecular formula is C15H20N2O2S. The van der Waals surface area contributed by atoms with Crippen molar-refractivity contribution in [3.63, 3.8) is 0 Å². The zero-order valence-corrected chi connectivity index (χ0v) is 12.6. The Labute approximate surface area is 123 Å². The molecule has 0 aliphatic carbocycles. The van der Waals surface area contributed by atoms with Gasteiger partial charge in [0.25, 0.3) is 0 Å². The van der Waals surface area contributed by atoms with Gasteiger partial charge >= 0.3 is 0 Å². The molecule has 1 saturated heterocycles. The van der Waals surface area contributed by atoms with Crippen LogP contribution >= 0.6 is 11.3 Å². The highest BCUT2D eigenvalue weighted by Gasteiger charge is 2.10. The van der Waals surface area contributed by atoms with E-state index in [0.29, 0.717) is 0 Å². The molecule has 0 radical (unpaired) electrons. The molecule has 1 fully saturated rings. The Balaban J connectivity index is 1.57. The van der Waals surface area contributed by atoms with E-state index in [1.54, 1.807) is 18.4 Å². The van der Waals surface area contributed by atoms with E-state index in [1.807, 2.05) is 12.1 Å². The van der Waals surface area contributed by atoms with Crippen LogP contribution in [-0.2, 0) is 11.2 Å². The van der Waals surface area contributed by atoms with E-state index < -0.39 is 0 Å². The standard InChI is InChI=1S/C15H20N2O2S/c1-18-12-4-5-13-14(11-12)20-15(16-13)3-2-6-17-7-9-19-10-8-17/h4-5,11H,2-3,6-10H2,1H3. The first kappa shape index (κ1) is 13.8. The Morgan fingerprint density at radius 1 is 1.35 bits per heavy atom. The summed E-state index contributed by atoms with van der Waals surface area (Å²) in [6, 6.07) is 6.08. The first-order chi connectivity index (χ1) is 9.85. The van der Waals surface area contributed by atoms with Gasteiger partial charge in [-0.25, -0.2) is 4.98 Å². The molecule has 0 bridgehead atoms. The third-order valence-corrected chi connectivity index (χ3v) is 4.69. The van der Waals surface area contributed by atoms with E-state index in [0.717, 1.165) is 57.0 Å². The number of hydrogen-bond acceptors (Lipinski definition) is 5. The molecule has 0 amide bonds. The number of rotatable bonds is 5. The molecular weight excluding hydrogens is 272 g/mol. The molecule has 1 aromatic heterocycles. The minimum Gasteiger partial charge on any atom is -0.497 e. The maximum absolute atomic E-state index is 5.36. The summed E-state index contributed by atoms with van der Waals surface area (Å²) in [4.78, 5) is 7.16. The van der Waals surface area contributed by atoms with Crippen molar-refractivity contribution in [1.82, 2.24) is 9.88 Å². The van der Waals surface area contributed by atoms with Gasteiger partial charge < -0.3 is 9.47 Å². The van der Waals surface area contributed by atoms with Crippen LogP contribution in [-0.4, -0.2) is 49.8 Å². The van der Waals surface area contributed by atoms with Crippen molar-refractivity contribution in [2.75, 3.05) is 40.0 Å². The zero-order chi connectivity index (χ0) is 13.8. The average molecular weight is 292 g/mol. The number of methoxy groups -OCH3 is 1. The Bertz CT molecular complexity index is 564. The Morgan fingerprint density at radius 2 is 2.20 bits per heavy atom. The van der Waals surface area contributed by atoms with Crippen LogP contribution in [0.2, 0.25) is 0 Å². The molecule has 1 aliphatic heterocycles. The van der Waals surface area contributed by atoms with Gasteiger partial charge in [-0.15, -0.1) is 11.3 Å². The summed E-state index contributed by atoms with van der Waals surface area (Å²) < 4.78 is 11.8. The number of ether oxygens (including phenoxy) is 2. The van der Waals surface area contributed by atoms with Gasteiger partial charge in [0.15, 0.2) is 0 Å². The van der Waals surface area contributed by atoms with Crippen LogP contribution in [0, 0.1) is 0 Å². The highest BCUT2D eigenvalue weighted by atomic mass is 32.1. The number of fused-ring (bicyclic) bond motifs is 1. The second kappa shape index (κ2) is 6.52. The van der Waals surface area contributed by atoms with Crippen molar-refractivity contribution in [3.8, 4) is 5.75 Å². The quantitative estimate of drug-likeness (QED) is 0.848. The van der Waals surface area contributed by atoms with Crippen molar-refractivity contribution in [2.45, 2.75) is 12.8 Å². The molecule has 5 heteroatoms. The predicted octanol–water partition coefficient (Wildman–Crippen LogP) is 2.57. The van der Waals surface area contributed by atoms with E-state index in [2.05, 4.69) is 11.0 Å². The molecule has 2 heterocycles. The van der Waals surface area contributed by atoms with Crippen LogP contribution in [0.15, 0.2) is 18.2 Å². The first-order valence-electron chi connectivity index (χ1n) is 7.09. The van der Waals surface area contributed by atoms with Crippen LogP contribution < -0.4 is 4.74 Å². The van der Waals surface area contributed by atoms with Crippen LogP contribution in [0.3, 0.4) is 0 Å². The highest BCUT2D eigenvalue weighted by molar-refractivity contribution is 7.18. The highest BCUT2D eigenvalue weighted by Crippen LogP contribution is 2.26. The van der Waals surface area contributed by atoms with Gasteiger partial charge in [-0.1, -0.05) is 0 Å². The van der Waals surface area contributed by atoms with Gasteiger partial charge in [0.1, 0.15) is 5.75 Å². The normalized spacial score (nSPS) is 16.6. The molecule has 3 rings (SSSR count). The van der Waals surface area contributed by atoms with Crippen molar-refractivity contribution in [3.05, 3.63) is 23.2 Å². The van der Waals surface area contributed by atoms with Crippen LogP contribution in [0.1, 0.15) is 11.4 Å². The van der Waals surface area contributed by atoms with Crippen LogP contribution in [0.4, 0.5) is 0 Å². The largest absolute Gasteiger partial charge is 0.497 e. The van der Waals surface area contributed by atoms with Crippen molar-refractivity contribution in [2.24, 2.45) is 0 Å². The number of benzene rings is 1. The maximum atomic E-state index is 5.36. The minimum atomic E-state index is 0.876. The third-order valence-electron chi connectivity index (χ3n) is 3.61. The SMILES string of the molecule is COc1ccc2nc(CCCN3CCOCC3)sc2c1. The number of aryl methyl sites for hydroxylation is 1. The predicted molar refractivity (Wildman–Crippen MR) is 81.8 cm³/mol. The summed E-state index contributed by atoms with van der Waals surface area (Å²) in [6.45, 7) is 5.03. The van der Waals surface area contributed by atoms with Gasteiger partial charge in [-0.05, 0) is 31.2 Å². The van der Waals surface area contributed by atoms with Gasteiger partial charge in [-0.2, -0.15) is 0 Å². The lowest BCUT2D eigenvalue weighted by atomic mass is 10.3. The number of morpholine rings is 1. The third kappa shape index (κ3) is 3.29. The molecule has 1 aromatic carbocycles. The van der Waals surface area contributed by atoms with E-state index in [-0.39, 0.29) is 0 Å². The second-order valence-electron chi connectivity index (χ2n) is 5.00. The summed E-state index contributed by atoms with van der Waals surface area (Å²) >= 11 is 1.78. The molecule has 2 aromatic rings. The van der Waals surface area contributed by atoms with E-state index in [9.17, 15) is 0 Å². The monoisotopic (exact) mass is 292 g/mol. The fourth-order valence-electron chi connectivity index (χ4n) is 2.47. The lowest BCUT2D eigenvalue weighted by Crippen LogP contribution is -2.36. The number of thiazole rings is 1. The maximum Gasteiger partial charge on any atom is 0.120 e. The minimum absolute atomic E-state index is 0.876. The molecule has 4 nitrogen and oxygen atoms in total. The van der Waals surface area contributed by atoms with Gasteiger partial charge in [0.05, 0.1) is 35.5 Å². The van der Waals surface area contributed by atoms with Gasteiger partial charge in [-0.3, -0.25) is 4.90 Å². The summed E-state index contributed by atoms with van der Waals surface area (Å²) in [6.07, 6.45) is 2.22. The molecule has 0 spiro atoms. The summed E-state index contributed by atoms with van der Waals surface area (Å²) in [5, 5.41) is 1.22. The smallest absolute Gasteiger partial charge is 0.120 e. The number of nitrogens with zero attached hydrogens (tertiary/aromatic N) is 2. The van der Waals surface area contributed by atoms with Gasteiger partial charge in [0.2, 0.25) is 0 Å². The van der Waals surface area contributed by atoms with Gasteiger partial charge in [0, 0.05) is 19.5 Å². The molecule has 0 saturated carbocycles. The van der Waals surface area contributed by atoms with Crippen molar-refractivity contribution in [1.29, 1.82) is 0 Å². The Kier molecular flexibility index (Phi) is 4.50. The lowest BCUT2D eigenvalue weighted by Gasteiger charge is -2.26. The fourth-order valence-corrected chi connectivity index (χ4v) is 3.50. The van der Waals surface area contributed by atoms with Crippen LogP contribution in [0.5, 0.6) is 5.75 Å². The van der Waals surface area contributed by atoms with E-state index >= 15 is 0 Å². The lowest BCUT2D eigenvalue weighted by molar-refractivity contribution is 0.0375. The summed E-state index contributed by atoms with van der Waals surface area (Å²) in [5.41, 5.74) is 1.08. The molecule has 108 valence electrons. The fraction of sp³-hybridized carbons (Fsp3) is 0.533. The molecule has 1 aliphatic rings. The van der Waals surface area contributed by atoms with Crippen molar-refractivity contribution >= 4 is 21.6 Å². The zero-order valence-electron chi connectivity index (χ0n) is 11.8. The molecule has 0 N–H and O–H groups in total.